The van der Waals surface area contributed by atoms with Gasteiger partial charge in [-0.3, -0.25) is 0 Å². The Bertz CT molecular complexity index is 717. The second-order valence-electron chi connectivity index (χ2n) is 5.66. The van der Waals surface area contributed by atoms with Gasteiger partial charge in [0.15, 0.2) is 0 Å². The Hall–Kier alpha value is -1.34. The number of rotatable bonds is 1. The van der Waals surface area contributed by atoms with Crippen molar-refractivity contribution in [2.45, 2.75) is 38.0 Å². The highest BCUT2D eigenvalue weighted by atomic mass is 32.1. The summed E-state index contributed by atoms with van der Waals surface area (Å²) in [7, 11) is 0. The third-order valence-electron chi connectivity index (χ3n) is 4.48. The molecule has 1 aliphatic carbocycles. The summed E-state index contributed by atoms with van der Waals surface area (Å²) in [6.07, 6.45) is 7.01. The molecule has 0 amide bonds. The van der Waals surface area contributed by atoms with Crippen LogP contribution in [0.1, 0.15) is 43.6 Å². The van der Waals surface area contributed by atoms with Gasteiger partial charge in [-0.1, -0.05) is 55.7 Å². The molecule has 1 heteroatoms. The van der Waals surface area contributed by atoms with Crippen LogP contribution in [0.3, 0.4) is 0 Å². The van der Waals surface area contributed by atoms with Crippen LogP contribution in [0.5, 0.6) is 0 Å². The summed E-state index contributed by atoms with van der Waals surface area (Å²) in [4.78, 5) is 0. The van der Waals surface area contributed by atoms with Crippen LogP contribution in [0.4, 0.5) is 0 Å². The monoisotopic (exact) mass is 266 g/mol. The van der Waals surface area contributed by atoms with Gasteiger partial charge >= 0.3 is 0 Å². The second kappa shape index (κ2) is 4.64. The molecule has 0 saturated heterocycles. The van der Waals surface area contributed by atoms with E-state index in [4.69, 9.17) is 0 Å². The molecule has 0 unspecified atom stereocenters. The minimum absolute atomic E-state index is 0.797. The van der Waals surface area contributed by atoms with E-state index in [0.29, 0.717) is 0 Å². The summed E-state index contributed by atoms with van der Waals surface area (Å²) in [5.41, 5.74) is 1.61. The van der Waals surface area contributed by atoms with Crippen LogP contribution in [0, 0.1) is 0 Å². The highest BCUT2D eigenvalue weighted by Crippen LogP contribution is 2.42. The van der Waals surface area contributed by atoms with Gasteiger partial charge in [0.1, 0.15) is 0 Å². The fourth-order valence-electron chi connectivity index (χ4n) is 3.50. The van der Waals surface area contributed by atoms with E-state index in [-0.39, 0.29) is 0 Å². The molecule has 0 atom stereocenters. The zero-order valence-electron chi connectivity index (χ0n) is 11.1. The first-order valence-electron chi connectivity index (χ1n) is 7.33. The normalized spacial score (nSPS) is 17.3. The third-order valence-corrected chi connectivity index (χ3v) is 5.72. The second-order valence-corrected chi connectivity index (χ2v) is 6.71. The molecule has 0 radical (unpaired) electrons. The standard InChI is InChI=1S/C18H18S/c1-2-7-13(8-3-1)14-10-6-11-16-15-9-4-5-12-17(15)19-18(14)16/h4-6,9-13H,1-3,7-8H2. The van der Waals surface area contributed by atoms with Crippen LogP contribution >= 0.6 is 11.3 Å². The molecule has 1 saturated carbocycles. The van der Waals surface area contributed by atoms with Crippen LogP contribution in [-0.4, -0.2) is 0 Å². The Morgan fingerprint density at radius 3 is 2.47 bits per heavy atom. The zero-order chi connectivity index (χ0) is 12.7. The maximum atomic E-state index is 2.37. The first-order chi connectivity index (χ1) is 9.43. The lowest BCUT2D eigenvalue weighted by Gasteiger charge is -2.22. The summed E-state index contributed by atoms with van der Waals surface area (Å²) < 4.78 is 2.97. The van der Waals surface area contributed by atoms with Crippen molar-refractivity contribution >= 4 is 31.5 Å². The zero-order valence-corrected chi connectivity index (χ0v) is 11.9. The SMILES string of the molecule is c1ccc2c(c1)sc1c(C3CCCCC3)cccc12. The van der Waals surface area contributed by atoms with Crippen molar-refractivity contribution in [1.82, 2.24) is 0 Å². The summed E-state index contributed by atoms with van der Waals surface area (Å²) >= 11 is 1.98. The lowest BCUT2D eigenvalue weighted by Crippen LogP contribution is -2.04. The molecule has 1 aliphatic rings. The van der Waals surface area contributed by atoms with Gasteiger partial charge in [-0.2, -0.15) is 0 Å². The van der Waals surface area contributed by atoms with E-state index < -0.39 is 0 Å². The Balaban J connectivity index is 1.95. The molecule has 0 nitrogen and oxygen atoms in total. The highest BCUT2D eigenvalue weighted by molar-refractivity contribution is 7.26. The lowest BCUT2D eigenvalue weighted by atomic mass is 9.84. The van der Waals surface area contributed by atoms with E-state index in [0.717, 1.165) is 5.92 Å². The van der Waals surface area contributed by atoms with Crippen LogP contribution in [0.25, 0.3) is 20.2 Å². The fraction of sp³-hybridized carbons (Fsp3) is 0.333. The van der Waals surface area contributed by atoms with Crippen LogP contribution < -0.4 is 0 Å². The first-order valence-corrected chi connectivity index (χ1v) is 8.15. The summed E-state index contributed by atoms with van der Waals surface area (Å²) in [5, 5.41) is 2.89. The first kappa shape index (κ1) is 11.5. The molecule has 1 heterocycles. The van der Waals surface area contributed by atoms with Crippen LogP contribution in [0.15, 0.2) is 42.5 Å². The third kappa shape index (κ3) is 1.88. The number of thiophene rings is 1. The molecule has 1 aromatic heterocycles. The molecular weight excluding hydrogens is 248 g/mol. The molecule has 0 bridgehead atoms. The molecule has 2 aromatic carbocycles. The van der Waals surface area contributed by atoms with Gasteiger partial charge < -0.3 is 0 Å². The van der Waals surface area contributed by atoms with Gasteiger partial charge in [0.2, 0.25) is 0 Å². The fourth-order valence-corrected chi connectivity index (χ4v) is 4.80. The van der Waals surface area contributed by atoms with Gasteiger partial charge in [0, 0.05) is 20.2 Å². The van der Waals surface area contributed by atoms with E-state index >= 15 is 0 Å². The van der Waals surface area contributed by atoms with Crippen molar-refractivity contribution < 1.29 is 0 Å². The molecule has 0 aliphatic heterocycles. The van der Waals surface area contributed by atoms with Crippen molar-refractivity contribution in [2.75, 3.05) is 0 Å². The summed E-state index contributed by atoms with van der Waals surface area (Å²) in [6, 6.07) is 15.7. The molecule has 0 spiro atoms. The molecule has 0 N–H and O–H groups in total. The largest absolute Gasteiger partial charge is 0.135 e. The minimum atomic E-state index is 0.797. The Morgan fingerprint density at radius 2 is 1.58 bits per heavy atom. The predicted octanol–water partition coefficient (Wildman–Crippen LogP) is 6.10. The molecule has 3 aromatic rings. The predicted molar refractivity (Wildman–Crippen MR) is 85.2 cm³/mol. The quantitative estimate of drug-likeness (QED) is 0.499. The highest BCUT2D eigenvalue weighted by Gasteiger charge is 2.19. The van der Waals surface area contributed by atoms with Crippen LogP contribution in [-0.2, 0) is 0 Å². The van der Waals surface area contributed by atoms with E-state index in [1.165, 1.54) is 52.3 Å². The van der Waals surface area contributed by atoms with Crippen molar-refractivity contribution in [3.05, 3.63) is 48.0 Å². The molecule has 96 valence electrons. The van der Waals surface area contributed by atoms with Gasteiger partial charge in [-0.15, -0.1) is 11.3 Å². The Morgan fingerprint density at radius 1 is 0.789 bits per heavy atom. The number of fused-ring (bicyclic) bond motifs is 3. The topological polar surface area (TPSA) is 0 Å². The average molecular weight is 266 g/mol. The van der Waals surface area contributed by atoms with Gasteiger partial charge in [0.05, 0.1) is 0 Å². The molecule has 19 heavy (non-hydrogen) atoms. The Labute approximate surface area is 118 Å². The van der Waals surface area contributed by atoms with Gasteiger partial charge in [0.25, 0.3) is 0 Å². The average Bonchev–Trinajstić information content (AvgIpc) is 2.87. The molecular formula is C18H18S. The molecule has 1 fully saturated rings. The van der Waals surface area contributed by atoms with E-state index in [2.05, 4.69) is 42.5 Å². The van der Waals surface area contributed by atoms with E-state index in [1.54, 1.807) is 5.56 Å². The minimum Gasteiger partial charge on any atom is -0.135 e. The van der Waals surface area contributed by atoms with E-state index in [1.807, 2.05) is 11.3 Å². The number of hydrogen-bond acceptors (Lipinski definition) is 1. The van der Waals surface area contributed by atoms with E-state index in [9.17, 15) is 0 Å². The van der Waals surface area contributed by atoms with Crippen molar-refractivity contribution in [1.29, 1.82) is 0 Å². The number of benzene rings is 2. The van der Waals surface area contributed by atoms with Gasteiger partial charge in [-0.05, 0) is 30.4 Å². The maximum absolute atomic E-state index is 2.37. The summed E-state index contributed by atoms with van der Waals surface area (Å²) in [5.74, 6) is 0.797. The Kier molecular flexibility index (Phi) is 2.81. The summed E-state index contributed by atoms with van der Waals surface area (Å²) in [6.45, 7) is 0. The van der Waals surface area contributed by atoms with Crippen molar-refractivity contribution in [3.8, 4) is 0 Å². The lowest BCUT2D eigenvalue weighted by molar-refractivity contribution is 0.446. The van der Waals surface area contributed by atoms with Gasteiger partial charge in [-0.25, -0.2) is 0 Å². The maximum Gasteiger partial charge on any atom is 0.0390 e. The van der Waals surface area contributed by atoms with Crippen LogP contribution in [0.2, 0.25) is 0 Å². The molecule has 4 rings (SSSR count). The van der Waals surface area contributed by atoms with Crippen molar-refractivity contribution in [2.24, 2.45) is 0 Å². The smallest absolute Gasteiger partial charge is 0.0390 e. The number of hydrogen-bond donors (Lipinski definition) is 0. The van der Waals surface area contributed by atoms with Crippen molar-refractivity contribution in [3.63, 3.8) is 0 Å².